The predicted octanol–water partition coefficient (Wildman–Crippen LogP) is 6.48. The number of benzene rings is 1. The average Bonchev–Trinajstić information content (AvgIpc) is 3.12. The van der Waals surface area contributed by atoms with E-state index in [0.717, 1.165) is 10.6 Å². The summed E-state index contributed by atoms with van der Waals surface area (Å²) >= 11 is 20.4. The smallest absolute Gasteiger partial charge is 0.308 e. The minimum Gasteiger partial charge on any atom is -0.308 e. The zero-order valence-corrected chi connectivity index (χ0v) is 15.2. The molecule has 2 N–H and O–H groups in total. The minimum atomic E-state index is -0.409. The summed E-state index contributed by atoms with van der Waals surface area (Å²) in [4.78, 5) is 17.3. The summed E-state index contributed by atoms with van der Waals surface area (Å²) in [7, 11) is 0. The monoisotopic (exact) mass is 403 g/mol. The second-order valence-corrected chi connectivity index (χ2v) is 7.74. The number of urea groups is 1. The number of rotatable bonds is 3. The molecule has 23 heavy (non-hydrogen) atoms. The Bertz CT molecular complexity index is 863. The highest BCUT2D eigenvalue weighted by Gasteiger charge is 2.10. The molecule has 118 valence electrons. The van der Waals surface area contributed by atoms with Gasteiger partial charge in [-0.05, 0) is 30.3 Å². The molecule has 0 spiro atoms. The van der Waals surface area contributed by atoms with Gasteiger partial charge in [0.25, 0.3) is 0 Å². The van der Waals surface area contributed by atoms with E-state index >= 15 is 0 Å². The third kappa shape index (κ3) is 4.16. The largest absolute Gasteiger partial charge is 0.325 e. The van der Waals surface area contributed by atoms with Gasteiger partial charge in [-0.25, -0.2) is 9.78 Å². The zero-order chi connectivity index (χ0) is 16.4. The number of thiazole rings is 1. The summed E-state index contributed by atoms with van der Waals surface area (Å²) in [5.74, 6) is 0. The number of carbonyl (C=O) groups is 1. The van der Waals surface area contributed by atoms with Crippen molar-refractivity contribution in [2.45, 2.75) is 0 Å². The van der Waals surface area contributed by atoms with Gasteiger partial charge in [-0.1, -0.05) is 34.8 Å². The van der Waals surface area contributed by atoms with Crippen LogP contribution in [0, 0.1) is 0 Å². The topological polar surface area (TPSA) is 54.0 Å². The normalized spacial score (nSPS) is 10.6. The number of hydrogen-bond donors (Lipinski definition) is 2. The fraction of sp³-hybridized carbons (Fsp3) is 0. The molecule has 0 bridgehead atoms. The van der Waals surface area contributed by atoms with Gasteiger partial charge in [0, 0.05) is 11.1 Å². The molecule has 0 fully saturated rings. The first kappa shape index (κ1) is 16.5. The number of nitrogens with zero attached hydrogens (tertiary/aromatic N) is 1. The number of anilines is 2. The van der Waals surface area contributed by atoms with Crippen LogP contribution in [-0.2, 0) is 0 Å². The zero-order valence-electron chi connectivity index (χ0n) is 11.3. The van der Waals surface area contributed by atoms with Crippen LogP contribution in [0.1, 0.15) is 0 Å². The van der Waals surface area contributed by atoms with Crippen molar-refractivity contribution in [2.75, 3.05) is 10.6 Å². The maximum Gasteiger partial charge on any atom is 0.325 e. The summed E-state index contributed by atoms with van der Waals surface area (Å²) in [6.07, 6.45) is 0. The molecular formula is C14H8Cl3N3OS2. The van der Waals surface area contributed by atoms with Crippen LogP contribution in [0.2, 0.25) is 14.4 Å². The van der Waals surface area contributed by atoms with E-state index in [1.165, 1.54) is 22.7 Å². The van der Waals surface area contributed by atoms with Crippen LogP contribution in [0.4, 0.5) is 15.6 Å². The van der Waals surface area contributed by atoms with E-state index in [9.17, 15) is 4.79 Å². The van der Waals surface area contributed by atoms with Gasteiger partial charge in [0.05, 0.1) is 25.0 Å². The highest BCUT2D eigenvalue weighted by Crippen LogP contribution is 2.33. The van der Waals surface area contributed by atoms with Gasteiger partial charge in [-0.15, -0.1) is 22.7 Å². The Hall–Kier alpha value is -1.31. The highest BCUT2D eigenvalue weighted by atomic mass is 35.5. The number of halogens is 3. The third-order valence-corrected chi connectivity index (χ3v) is 5.48. The maximum atomic E-state index is 12.0. The van der Waals surface area contributed by atoms with Gasteiger partial charge < -0.3 is 5.32 Å². The van der Waals surface area contributed by atoms with E-state index in [2.05, 4.69) is 15.6 Å². The molecule has 0 aliphatic heterocycles. The third-order valence-electron chi connectivity index (χ3n) is 2.73. The summed E-state index contributed by atoms with van der Waals surface area (Å²) in [6, 6.07) is 8.14. The Balaban J connectivity index is 1.66. The van der Waals surface area contributed by atoms with Crippen LogP contribution in [0.3, 0.4) is 0 Å². The lowest BCUT2D eigenvalue weighted by Gasteiger charge is -2.06. The van der Waals surface area contributed by atoms with E-state index in [1.54, 1.807) is 18.2 Å². The van der Waals surface area contributed by atoms with Crippen molar-refractivity contribution in [1.29, 1.82) is 0 Å². The van der Waals surface area contributed by atoms with E-state index in [0.29, 0.717) is 25.2 Å². The van der Waals surface area contributed by atoms with Crippen molar-refractivity contribution in [3.8, 4) is 10.6 Å². The molecule has 1 aromatic carbocycles. The quantitative estimate of drug-likeness (QED) is 0.525. The van der Waals surface area contributed by atoms with Gasteiger partial charge >= 0.3 is 6.03 Å². The molecule has 2 heterocycles. The summed E-state index contributed by atoms with van der Waals surface area (Å²) in [5.41, 5.74) is 1.32. The molecule has 4 nitrogen and oxygen atoms in total. The van der Waals surface area contributed by atoms with Gasteiger partial charge in [0.15, 0.2) is 5.13 Å². The Kier molecular flexibility index (Phi) is 5.08. The minimum absolute atomic E-state index is 0.371. The van der Waals surface area contributed by atoms with Crippen molar-refractivity contribution in [2.24, 2.45) is 0 Å². The van der Waals surface area contributed by atoms with E-state index in [4.69, 9.17) is 34.8 Å². The van der Waals surface area contributed by atoms with Crippen LogP contribution >= 0.6 is 57.5 Å². The molecule has 2 amide bonds. The van der Waals surface area contributed by atoms with Crippen molar-refractivity contribution in [3.05, 3.63) is 50.1 Å². The fourth-order valence-electron chi connectivity index (χ4n) is 1.73. The standard InChI is InChI=1S/C14H8Cl3N3OS2/c15-8-2-1-7(5-9(8)16)18-13(21)20-14-19-10(6-22-14)11-3-4-12(17)23-11/h1-6H,(H2,18,19,20,21). The molecule has 0 radical (unpaired) electrons. The predicted molar refractivity (Wildman–Crippen MR) is 99.5 cm³/mol. The Labute approximate surface area is 155 Å². The molecule has 0 aliphatic carbocycles. The molecule has 9 heteroatoms. The molecule has 3 rings (SSSR count). The number of hydrogen-bond acceptors (Lipinski definition) is 4. The first-order valence-electron chi connectivity index (χ1n) is 6.25. The molecular weight excluding hydrogens is 397 g/mol. The number of aromatic nitrogens is 1. The molecule has 2 aromatic heterocycles. The summed E-state index contributed by atoms with van der Waals surface area (Å²) < 4.78 is 0.694. The van der Waals surface area contributed by atoms with Crippen molar-refractivity contribution < 1.29 is 4.79 Å². The summed E-state index contributed by atoms with van der Waals surface area (Å²) in [6.45, 7) is 0. The summed E-state index contributed by atoms with van der Waals surface area (Å²) in [5, 5.41) is 8.49. The van der Waals surface area contributed by atoms with Crippen LogP contribution in [0.5, 0.6) is 0 Å². The maximum absolute atomic E-state index is 12.0. The van der Waals surface area contributed by atoms with Gasteiger partial charge in [0.1, 0.15) is 0 Å². The molecule has 0 aliphatic rings. The van der Waals surface area contributed by atoms with E-state index in [1.807, 2.05) is 17.5 Å². The molecule has 0 unspecified atom stereocenters. The lowest BCUT2D eigenvalue weighted by Crippen LogP contribution is -2.19. The molecule has 0 saturated heterocycles. The van der Waals surface area contributed by atoms with E-state index < -0.39 is 6.03 Å². The molecule has 0 saturated carbocycles. The molecule has 3 aromatic rings. The molecule has 0 atom stereocenters. The van der Waals surface area contributed by atoms with Gasteiger partial charge in [0.2, 0.25) is 0 Å². The van der Waals surface area contributed by atoms with Crippen molar-refractivity contribution in [3.63, 3.8) is 0 Å². The Morgan fingerprint density at radius 1 is 1.04 bits per heavy atom. The highest BCUT2D eigenvalue weighted by molar-refractivity contribution is 7.20. The van der Waals surface area contributed by atoms with Crippen LogP contribution < -0.4 is 10.6 Å². The van der Waals surface area contributed by atoms with Crippen molar-refractivity contribution >= 4 is 74.3 Å². The van der Waals surface area contributed by atoms with E-state index in [-0.39, 0.29) is 0 Å². The van der Waals surface area contributed by atoms with Gasteiger partial charge in [-0.3, -0.25) is 5.32 Å². The Morgan fingerprint density at radius 3 is 2.57 bits per heavy atom. The fourth-order valence-corrected chi connectivity index (χ4v) is 3.81. The number of amides is 2. The number of thiophene rings is 1. The van der Waals surface area contributed by atoms with Crippen molar-refractivity contribution in [1.82, 2.24) is 4.98 Å². The van der Waals surface area contributed by atoms with Crippen LogP contribution in [0.15, 0.2) is 35.7 Å². The lowest BCUT2D eigenvalue weighted by atomic mass is 10.3. The SMILES string of the molecule is O=C(Nc1ccc(Cl)c(Cl)c1)Nc1nc(-c2ccc(Cl)s2)cs1. The second kappa shape index (κ2) is 7.07. The first-order chi connectivity index (χ1) is 11.0. The van der Waals surface area contributed by atoms with Gasteiger partial charge in [-0.2, -0.15) is 0 Å². The second-order valence-electron chi connectivity index (χ2n) is 4.35. The average molecular weight is 405 g/mol. The Morgan fingerprint density at radius 2 is 1.87 bits per heavy atom. The number of nitrogens with one attached hydrogen (secondary N) is 2. The van der Waals surface area contributed by atoms with Crippen LogP contribution in [-0.4, -0.2) is 11.0 Å². The number of carbonyl (C=O) groups excluding carboxylic acids is 1. The first-order valence-corrected chi connectivity index (χ1v) is 9.08. The van der Waals surface area contributed by atoms with Crippen LogP contribution in [0.25, 0.3) is 10.6 Å². The lowest BCUT2D eigenvalue weighted by molar-refractivity contribution is 0.262.